The molecule has 8 saturated carbocycles. The van der Waals surface area contributed by atoms with E-state index in [1.165, 1.54) is 77.0 Å². The number of aromatic carboxylic acids is 2. The van der Waals surface area contributed by atoms with Crippen molar-refractivity contribution in [2.24, 2.45) is 35.5 Å². The summed E-state index contributed by atoms with van der Waals surface area (Å²) in [6, 6.07) is 7.07. The van der Waals surface area contributed by atoms with Crippen LogP contribution in [0.4, 0.5) is 0 Å². The smallest absolute Gasteiger partial charge is 0.371 e. The van der Waals surface area contributed by atoms with Crippen LogP contribution in [0.2, 0.25) is 0 Å². The van der Waals surface area contributed by atoms with Gasteiger partial charge in [0.1, 0.15) is 11.5 Å². The summed E-state index contributed by atoms with van der Waals surface area (Å²) in [5.41, 5.74) is 0.338. The Balaban J connectivity index is 0.000000122. The summed E-state index contributed by atoms with van der Waals surface area (Å²) in [6.45, 7) is 0. The van der Waals surface area contributed by atoms with Crippen LogP contribution in [0.25, 0.3) is 0 Å². The molecule has 6 heteroatoms. The molecule has 2 N–H and O–H groups in total. The van der Waals surface area contributed by atoms with Crippen molar-refractivity contribution in [3.05, 3.63) is 47.3 Å². The number of carbonyl (C=O) groups is 2. The third-order valence-electron chi connectivity index (χ3n) is 10.8. The molecule has 6 nitrogen and oxygen atoms in total. The first-order valence-corrected chi connectivity index (χ1v) is 14.0. The van der Waals surface area contributed by atoms with Gasteiger partial charge in [0.05, 0.1) is 0 Å². The summed E-state index contributed by atoms with van der Waals surface area (Å²) in [7, 11) is 0. The summed E-state index contributed by atoms with van der Waals surface area (Å²) in [6.07, 6.45) is 15.7. The standard InChI is InChI=1S/2C15H18O3/c2*16-14(17)12-1-2-13(18-12)15-6-9-3-10(7-15)5-11(4-9)8-15/h2*1-2,9-11H,3-8H2,(H,16,17). The van der Waals surface area contributed by atoms with Gasteiger partial charge in [0.25, 0.3) is 0 Å². The minimum Gasteiger partial charge on any atom is -0.475 e. The van der Waals surface area contributed by atoms with E-state index in [1.54, 1.807) is 12.1 Å². The Morgan fingerprint density at radius 1 is 0.556 bits per heavy atom. The van der Waals surface area contributed by atoms with E-state index in [2.05, 4.69) is 0 Å². The van der Waals surface area contributed by atoms with Crippen molar-refractivity contribution < 1.29 is 28.6 Å². The summed E-state index contributed by atoms with van der Waals surface area (Å²) < 4.78 is 11.3. The molecule has 192 valence electrons. The lowest BCUT2D eigenvalue weighted by Gasteiger charge is -2.55. The van der Waals surface area contributed by atoms with Crippen LogP contribution in [-0.2, 0) is 10.8 Å². The lowest BCUT2D eigenvalue weighted by molar-refractivity contribution is -0.0158. The molecule has 8 fully saturated rings. The topological polar surface area (TPSA) is 101 Å². The maximum absolute atomic E-state index is 10.9. The highest BCUT2D eigenvalue weighted by Crippen LogP contribution is 2.62. The molecule has 8 aliphatic rings. The van der Waals surface area contributed by atoms with Crippen molar-refractivity contribution >= 4 is 11.9 Å². The van der Waals surface area contributed by atoms with E-state index < -0.39 is 11.9 Å². The maximum Gasteiger partial charge on any atom is 0.371 e. The number of furan rings is 2. The molecule has 8 bridgehead atoms. The second kappa shape index (κ2) is 8.00. The zero-order chi connectivity index (χ0) is 24.7. The summed E-state index contributed by atoms with van der Waals surface area (Å²) in [5, 5.41) is 18.0. The van der Waals surface area contributed by atoms with Crippen LogP contribution >= 0.6 is 0 Å². The molecule has 0 spiro atoms. The van der Waals surface area contributed by atoms with Gasteiger partial charge in [0, 0.05) is 10.8 Å². The van der Waals surface area contributed by atoms with Gasteiger partial charge in [0.15, 0.2) is 0 Å². The molecule has 10 rings (SSSR count). The molecule has 36 heavy (non-hydrogen) atoms. The van der Waals surface area contributed by atoms with Gasteiger partial charge in [-0.1, -0.05) is 0 Å². The van der Waals surface area contributed by atoms with Crippen LogP contribution in [0.3, 0.4) is 0 Å². The van der Waals surface area contributed by atoms with E-state index >= 15 is 0 Å². The van der Waals surface area contributed by atoms with E-state index in [0.29, 0.717) is 0 Å². The van der Waals surface area contributed by atoms with Crippen molar-refractivity contribution in [1.82, 2.24) is 0 Å². The lowest BCUT2D eigenvalue weighted by Crippen LogP contribution is -2.48. The highest BCUT2D eigenvalue weighted by Gasteiger charge is 2.54. The van der Waals surface area contributed by atoms with Crippen LogP contribution in [0.15, 0.2) is 33.1 Å². The molecular formula is C30H36O6. The van der Waals surface area contributed by atoms with Gasteiger partial charge in [-0.2, -0.15) is 0 Å². The second-order valence-corrected chi connectivity index (χ2v) is 13.3. The molecule has 0 amide bonds. The molecule has 0 aromatic carbocycles. The molecule has 0 unspecified atom stereocenters. The van der Waals surface area contributed by atoms with Gasteiger partial charge in [-0.3, -0.25) is 0 Å². The zero-order valence-corrected chi connectivity index (χ0v) is 20.8. The average Bonchev–Trinajstić information content (AvgIpc) is 3.49. The molecule has 8 aliphatic carbocycles. The highest BCUT2D eigenvalue weighted by molar-refractivity contribution is 5.84. The van der Waals surface area contributed by atoms with Gasteiger partial charge >= 0.3 is 11.9 Å². The largest absolute Gasteiger partial charge is 0.475 e. The van der Waals surface area contributed by atoms with Crippen molar-refractivity contribution in [2.75, 3.05) is 0 Å². The fourth-order valence-electron chi connectivity index (χ4n) is 10.3. The molecule has 0 saturated heterocycles. The van der Waals surface area contributed by atoms with E-state index in [9.17, 15) is 9.59 Å². The predicted octanol–water partition coefficient (Wildman–Crippen LogP) is 6.89. The Morgan fingerprint density at radius 2 is 0.833 bits per heavy atom. The Hall–Kier alpha value is -2.50. The van der Waals surface area contributed by atoms with E-state index in [-0.39, 0.29) is 22.4 Å². The van der Waals surface area contributed by atoms with Crippen molar-refractivity contribution in [2.45, 2.75) is 87.9 Å². The first-order chi connectivity index (χ1) is 17.3. The van der Waals surface area contributed by atoms with Gasteiger partial charge in [-0.25, -0.2) is 9.59 Å². The Morgan fingerprint density at radius 3 is 1.06 bits per heavy atom. The van der Waals surface area contributed by atoms with Crippen LogP contribution in [0.1, 0.15) is 110 Å². The molecule has 0 aliphatic heterocycles. The number of rotatable bonds is 4. The van der Waals surface area contributed by atoms with Crippen LogP contribution in [0.5, 0.6) is 0 Å². The third kappa shape index (κ3) is 3.66. The second-order valence-electron chi connectivity index (χ2n) is 13.3. The molecular weight excluding hydrogens is 456 g/mol. The van der Waals surface area contributed by atoms with Gasteiger partial charge in [0.2, 0.25) is 11.5 Å². The van der Waals surface area contributed by atoms with Gasteiger partial charge < -0.3 is 19.0 Å². The summed E-state index contributed by atoms with van der Waals surface area (Å²) in [4.78, 5) is 21.9. The van der Waals surface area contributed by atoms with Crippen molar-refractivity contribution in [3.8, 4) is 0 Å². The SMILES string of the molecule is O=C(O)c1ccc(C23CC4CC(CC(C4)C2)C3)o1.O=C(O)c1ccc(C23CC4CC(CC(C4)C2)C3)o1. The minimum absolute atomic E-state index is 0.0979. The maximum atomic E-state index is 10.9. The fourth-order valence-corrected chi connectivity index (χ4v) is 10.3. The van der Waals surface area contributed by atoms with Crippen LogP contribution in [0, 0.1) is 35.5 Å². The third-order valence-corrected chi connectivity index (χ3v) is 10.8. The minimum atomic E-state index is -0.953. The zero-order valence-electron chi connectivity index (χ0n) is 20.8. The summed E-state index contributed by atoms with van der Waals surface area (Å²) >= 11 is 0. The number of carboxylic acids is 2. The van der Waals surface area contributed by atoms with Crippen molar-refractivity contribution in [1.29, 1.82) is 0 Å². The van der Waals surface area contributed by atoms with Crippen molar-refractivity contribution in [3.63, 3.8) is 0 Å². The fraction of sp³-hybridized carbons (Fsp3) is 0.667. The van der Waals surface area contributed by atoms with Crippen LogP contribution in [-0.4, -0.2) is 22.2 Å². The highest BCUT2D eigenvalue weighted by atomic mass is 16.4. The van der Waals surface area contributed by atoms with Gasteiger partial charge in [-0.05, 0) is 137 Å². The first-order valence-electron chi connectivity index (χ1n) is 14.0. The Labute approximate surface area is 211 Å². The number of hydrogen-bond donors (Lipinski definition) is 2. The molecule has 2 heterocycles. The first kappa shape index (κ1) is 22.7. The van der Waals surface area contributed by atoms with E-state index in [0.717, 1.165) is 47.0 Å². The van der Waals surface area contributed by atoms with E-state index in [1.807, 2.05) is 12.1 Å². The molecule has 0 atom stereocenters. The molecule has 2 aromatic rings. The monoisotopic (exact) mass is 492 g/mol. The average molecular weight is 493 g/mol. The Bertz CT molecular complexity index is 1020. The number of carboxylic acid groups (broad SMARTS) is 2. The quantitative estimate of drug-likeness (QED) is 0.482. The van der Waals surface area contributed by atoms with E-state index in [4.69, 9.17) is 19.0 Å². The normalized spacial score (nSPS) is 41.2. The predicted molar refractivity (Wildman–Crippen MR) is 131 cm³/mol. The number of hydrogen-bond acceptors (Lipinski definition) is 4. The molecule has 2 aromatic heterocycles. The lowest BCUT2D eigenvalue weighted by atomic mass is 9.49. The van der Waals surface area contributed by atoms with Crippen LogP contribution < -0.4 is 0 Å². The Kier molecular flexibility index (Phi) is 5.04. The van der Waals surface area contributed by atoms with Gasteiger partial charge in [-0.15, -0.1) is 0 Å². The molecule has 0 radical (unpaired) electrons. The summed E-state index contributed by atoms with van der Waals surface area (Å²) in [5.74, 6) is 5.31.